The van der Waals surface area contributed by atoms with E-state index in [0.29, 0.717) is 28.6 Å². The van der Waals surface area contributed by atoms with Crippen molar-refractivity contribution in [2.45, 2.75) is 25.9 Å². The third-order valence-electron chi connectivity index (χ3n) is 7.86. The Bertz CT molecular complexity index is 1940. The number of H-pyrrole nitrogens is 1. The third-order valence-corrected chi connectivity index (χ3v) is 7.86. The second-order valence-corrected chi connectivity index (χ2v) is 10.4. The van der Waals surface area contributed by atoms with Crippen LogP contribution in [0, 0.1) is 5.92 Å². The summed E-state index contributed by atoms with van der Waals surface area (Å²) in [4.78, 5) is 26.2. The van der Waals surface area contributed by atoms with Crippen molar-refractivity contribution in [3.8, 4) is 17.1 Å². The van der Waals surface area contributed by atoms with Crippen LogP contribution >= 0.6 is 0 Å². The molecule has 5 heterocycles. The highest BCUT2D eigenvalue weighted by Crippen LogP contribution is 2.32. The van der Waals surface area contributed by atoms with E-state index in [9.17, 15) is 4.79 Å². The van der Waals surface area contributed by atoms with Crippen LogP contribution in [0.4, 0.5) is 5.69 Å². The SMILES string of the molecule is CCC1CC=c2c(n(-c3ccc(-n4cccn4)cc3)c(=O)c3cn[nH]c23)=NC1=NCC1CN(C)c2ccccc2O1. The van der Waals surface area contributed by atoms with Gasteiger partial charge in [0.15, 0.2) is 5.49 Å². The summed E-state index contributed by atoms with van der Waals surface area (Å²) in [7, 11) is 2.07. The summed E-state index contributed by atoms with van der Waals surface area (Å²) in [6, 6.07) is 17.7. The number of aliphatic imine (C=N–C) groups is 1. The number of pyridine rings is 1. The average Bonchev–Trinajstić information content (AvgIpc) is 3.68. The predicted octanol–water partition coefficient (Wildman–Crippen LogP) is 3.03. The molecule has 0 saturated carbocycles. The summed E-state index contributed by atoms with van der Waals surface area (Å²) in [5.41, 5.74) is 3.77. The molecule has 2 aliphatic heterocycles. The number of ether oxygens (including phenoxy) is 1. The molecule has 2 unspecified atom stereocenters. The topological polar surface area (TPSA) is 106 Å². The molecule has 0 radical (unpaired) electrons. The van der Waals surface area contributed by atoms with Gasteiger partial charge in [-0.2, -0.15) is 10.2 Å². The molecular weight excluding hydrogens is 516 g/mol. The lowest BCUT2D eigenvalue weighted by Crippen LogP contribution is -2.43. The number of amidine groups is 1. The first-order valence-electron chi connectivity index (χ1n) is 13.9. The number of aromatic amines is 1. The van der Waals surface area contributed by atoms with Crippen LogP contribution in [0.2, 0.25) is 0 Å². The molecule has 5 aromatic rings. The molecule has 0 fully saturated rings. The Morgan fingerprint density at radius 2 is 1.93 bits per heavy atom. The van der Waals surface area contributed by atoms with Crippen LogP contribution in [-0.4, -0.2) is 56.6 Å². The van der Waals surface area contributed by atoms with E-state index in [1.807, 2.05) is 54.7 Å². The number of benzene rings is 2. The van der Waals surface area contributed by atoms with Crippen molar-refractivity contribution in [2.24, 2.45) is 15.9 Å². The molecule has 0 bridgehead atoms. The largest absolute Gasteiger partial charge is 0.484 e. The van der Waals surface area contributed by atoms with Crippen molar-refractivity contribution in [1.29, 1.82) is 0 Å². The number of anilines is 1. The molecule has 2 aliphatic rings. The normalized spacial score (nSPS) is 19.2. The Balaban J connectivity index is 1.34. The summed E-state index contributed by atoms with van der Waals surface area (Å²) in [5.74, 6) is 1.71. The Hall–Kier alpha value is -4.99. The highest BCUT2D eigenvalue weighted by atomic mass is 16.5. The zero-order chi connectivity index (χ0) is 27.9. The van der Waals surface area contributed by atoms with Gasteiger partial charge in [-0.3, -0.25) is 19.5 Å². The summed E-state index contributed by atoms with van der Waals surface area (Å²) >= 11 is 0. The van der Waals surface area contributed by atoms with E-state index in [4.69, 9.17) is 14.7 Å². The fourth-order valence-corrected chi connectivity index (χ4v) is 5.68. The quantitative estimate of drug-likeness (QED) is 0.365. The first-order chi connectivity index (χ1) is 20.1. The number of rotatable bonds is 5. The first-order valence-corrected chi connectivity index (χ1v) is 13.9. The lowest BCUT2D eigenvalue weighted by Gasteiger charge is -2.33. The van der Waals surface area contributed by atoms with Crippen molar-refractivity contribution in [2.75, 3.05) is 25.0 Å². The maximum atomic E-state index is 13.8. The molecule has 10 nitrogen and oxygen atoms in total. The fraction of sp³-hybridized carbons (Fsp3) is 0.258. The number of likely N-dealkylation sites (N-methyl/N-ethyl adjacent to an activating group) is 1. The van der Waals surface area contributed by atoms with Crippen molar-refractivity contribution in [3.63, 3.8) is 0 Å². The maximum Gasteiger partial charge on any atom is 0.267 e. The molecule has 41 heavy (non-hydrogen) atoms. The van der Waals surface area contributed by atoms with E-state index in [0.717, 1.165) is 47.6 Å². The van der Waals surface area contributed by atoms with Crippen molar-refractivity contribution in [3.05, 3.63) is 94.2 Å². The fourth-order valence-electron chi connectivity index (χ4n) is 5.68. The molecule has 206 valence electrons. The second kappa shape index (κ2) is 10.2. The monoisotopic (exact) mass is 546 g/mol. The molecule has 0 amide bonds. The summed E-state index contributed by atoms with van der Waals surface area (Å²) in [5, 5.41) is 12.9. The van der Waals surface area contributed by atoms with Crippen LogP contribution in [0.15, 0.2) is 88.0 Å². The molecule has 3 aromatic heterocycles. The Labute approximate surface area is 235 Å². The van der Waals surface area contributed by atoms with E-state index in [2.05, 4.69) is 46.3 Å². The van der Waals surface area contributed by atoms with Crippen LogP contribution in [0.5, 0.6) is 5.75 Å². The number of fused-ring (bicyclic) bond motifs is 4. The molecule has 2 atom stereocenters. The number of aromatic nitrogens is 5. The van der Waals surface area contributed by atoms with Gasteiger partial charge in [0.25, 0.3) is 5.56 Å². The van der Waals surface area contributed by atoms with Crippen molar-refractivity contribution < 1.29 is 4.74 Å². The number of nitrogens with one attached hydrogen (secondary N) is 1. The van der Waals surface area contributed by atoms with E-state index >= 15 is 0 Å². The van der Waals surface area contributed by atoms with Crippen molar-refractivity contribution in [1.82, 2.24) is 24.5 Å². The molecular formula is C31H30N8O2. The van der Waals surface area contributed by atoms with Gasteiger partial charge in [0, 0.05) is 30.6 Å². The Morgan fingerprint density at radius 3 is 2.73 bits per heavy atom. The zero-order valence-electron chi connectivity index (χ0n) is 22.9. The van der Waals surface area contributed by atoms with Gasteiger partial charge in [-0.05, 0) is 55.3 Å². The summed E-state index contributed by atoms with van der Waals surface area (Å²) < 4.78 is 9.74. The smallest absolute Gasteiger partial charge is 0.267 e. The van der Waals surface area contributed by atoms with Crippen LogP contribution in [0.25, 0.3) is 28.4 Å². The van der Waals surface area contributed by atoms with Gasteiger partial charge in [0.2, 0.25) is 0 Å². The lowest BCUT2D eigenvalue weighted by atomic mass is 10.0. The van der Waals surface area contributed by atoms with Crippen LogP contribution in [0.1, 0.15) is 19.8 Å². The van der Waals surface area contributed by atoms with Crippen LogP contribution in [0.3, 0.4) is 0 Å². The number of nitrogens with zero attached hydrogens (tertiary/aromatic N) is 7. The van der Waals surface area contributed by atoms with Gasteiger partial charge in [-0.15, -0.1) is 0 Å². The van der Waals surface area contributed by atoms with Crippen molar-refractivity contribution >= 4 is 28.5 Å². The second-order valence-electron chi connectivity index (χ2n) is 10.4. The standard InChI is InChI=1S/C31H30N8O2/c1-3-20-9-14-24-28-25(18-33-36-28)31(40)39(22-12-10-21(11-13-22)38-16-6-15-34-38)30(24)35-29(20)32-17-23-19-37(2)26-7-4-5-8-27(26)41-23/h4-8,10-16,18,20,23H,3,9,17,19H2,1-2H3,(H,33,36). The Morgan fingerprint density at radius 1 is 1.10 bits per heavy atom. The number of hydrogen-bond acceptors (Lipinski definition) is 6. The van der Waals surface area contributed by atoms with Gasteiger partial charge in [-0.1, -0.05) is 25.1 Å². The molecule has 0 aliphatic carbocycles. The van der Waals surface area contributed by atoms with Gasteiger partial charge in [0.1, 0.15) is 17.7 Å². The highest BCUT2D eigenvalue weighted by Gasteiger charge is 2.25. The number of para-hydroxylation sites is 2. The summed E-state index contributed by atoms with van der Waals surface area (Å²) in [6.07, 6.45) is 8.89. The minimum Gasteiger partial charge on any atom is -0.484 e. The van der Waals surface area contributed by atoms with Crippen LogP contribution in [-0.2, 0) is 0 Å². The Kier molecular flexibility index (Phi) is 6.22. The van der Waals surface area contributed by atoms with Gasteiger partial charge in [0.05, 0.1) is 47.3 Å². The van der Waals surface area contributed by atoms with E-state index < -0.39 is 0 Å². The third kappa shape index (κ3) is 4.41. The zero-order valence-corrected chi connectivity index (χ0v) is 22.9. The molecule has 1 N–H and O–H groups in total. The molecule has 7 rings (SSSR count). The number of hydrogen-bond donors (Lipinski definition) is 1. The maximum absolute atomic E-state index is 13.8. The summed E-state index contributed by atoms with van der Waals surface area (Å²) in [6.45, 7) is 3.35. The van der Waals surface area contributed by atoms with Crippen LogP contribution < -0.4 is 25.9 Å². The van der Waals surface area contributed by atoms with E-state index in [1.54, 1.807) is 21.6 Å². The molecule has 0 saturated heterocycles. The van der Waals surface area contributed by atoms with Gasteiger partial charge in [-0.25, -0.2) is 9.67 Å². The molecule has 2 aromatic carbocycles. The highest BCUT2D eigenvalue weighted by molar-refractivity contribution is 5.87. The van der Waals surface area contributed by atoms with Gasteiger partial charge < -0.3 is 9.64 Å². The van der Waals surface area contributed by atoms with Gasteiger partial charge >= 0.3 is 0 Å². The minimum absolute atomic E-state index is 0.103. The van der Waals surface area contributed by atoms with E-state index in [-0.39, 0.29) is 17.6 Å². The predicted molar refractivity (Wildman–Crippen MR) is 159 cm³/mol. The molecule has 10 heteroatoms. The first kappa shape index (κ1) is 25.0. The molecule has 0 spiro atoms. The van der Waals surface area contributed by atoms with E-state index in [1.165, 1.54) is 0 Å². The lowest BCUT2D eigenvalue weighted by molar-refractivity contribution is 0.204. The average molecular weight is 547 g/mol. The minimum atomic E-state index is -0.181.